The van der Waals surface area contributed by atoms with Crippen molar-refractivity contribution in [3.8, 4) is 5.75 Å². The van der Waals surface area contributed by atoms with Crippen molar-refractivity contribution >= 4 is 39.1 Å². The van der Waals surface area contributed by atoms with E-state index < -0.39 is 16.1 Å². The first-order chi connectivity index (χ1) is 16.6. The molecule has 192 valence electrons. The Morgan fingerprint density at radius 1 is 1.06 bits per heavy atom. The van der Waals surface area contributed by atoms with Gasteiger partial charge in [0.1, 0.15) is 11.8 Å². The number of hydrogen-bond acceptors (Lipinski definition) is 5. The Balaban J connectivity index is 2.16. The van der Waals surface area contributed by atoms with Gasteiger partial charge in [0, 0.05) is 31.6 Å². The highest BCUT2D eigenvalue weighted by Gasteiger charge is 2.28. The van der Waals surface area contributed by atoms with Crippen molar-refractivity contribution < 1.29 is 22.7 Å². The van der Waals surface area contributed by atoms with Gasteiger partial charge in [0.15, 0.2) is 0 Å². The molecule has 0 aliphatic rings. The largest absolute Gasteiger partial charge is 0.494 e. The summed E-state index contributed by atoms with van der Waals surface area (Å²) in [4.78, 5) is 27.3. The molecule has 0 heterocycles. The fourth-order valence-corrected chi connectivity index (χ4v) is 4.84. The molecule has 2 rings (SSSR count). The molecule has 1 N–H and O–H groups in total. The molecular weight excluding hydrogens is 490 g/mol. The van der Waals surface area contributed by atoms with E-state index in [1.54, 1.807) is 41.3 Å². The predicted molar refractivity (Wildman–Crippen MR) is 139 cm³/mol. The molecule has 0 radical (unpaired) electrons. The van der Waals surface area contributed by atoms with E-state index in [2.05, 4.69) is 5.32 Å². The summed E-state index contributed by atoms with van der Waals surface area (Å²) in [6.07, 6.45) is 1.96. The fourth-order valence-electron chi connectivity index (χ4n) is 3.75. The Kier molecular flexibility index (Phi) is 10.9. The molecule has 0 spiro atoms. The topological polar surface area (TPSA) is 96.0 Å². The molecule has 0 fully saturated rings. The molecule has 2 aromatic rings. The molecule has 0 saturated carbocycles. The summed E-state index contributed by atoms with van der Waals surface area (Å²) in [6.45, 7) is 4.61. The lowest BCUT2D eigenvalue weighted by molar-refractivity contribution is -0.141. The van der Waals surface area contributed by atoms with Crippen LogP contribution in [0.4, 0.5) is 5.69 Å². The Bertz CT molecular complexity index is 1080. The van der Waals surface area contributed by atoms with Crippen LogP contribution in [0.5, 0.6) is 5.75 Å². The minimum absolute atomic E-state index is 0.0874. The molecule has 35 heavy (non-hydrogen) atoms. The number of carbonyl (C=O) groups excluding carboxylic acids is 2. The lowest BCUT2D eigenvalue weighted by Crippen LogP contribution is -2.48. The van der Waals surface area contributed by atoms with E-state index in [0.29, 0.717) is 35.9 Å². The molecule has 1 atom stereocenters. The van der Waals surface area contributed by atoms with Gasteiger partial charge in [-0.25, -0.2) is 8.42 Å². The SMILES string of the molecule is CCOc1ccc(N(CCCC(=O)N(Cc2ccc(Cl)cc2)[C@H](CC)C(=O)NC)S(C)(=O)=O)cc1. The normalized spacial score (nSPS) is 12.0. The van der Waals surface area contributed by atoms with Crippen LogP contribution in [0.1, 0.15) is 38.7 Å². The maximum atomic E-state index is 13.3. The first kappa shape index (κ1) is 28.5. The molecule has 10 heteroatoms. The molecular formula is C25H34ClN3O5S. The number of anilines is 1. The Hall–Kier alpha value is -2.78. The number of nitrogens with zero attached hydrogens (tertiary/aromatic N) is 2. The number of rotatable bonds is 13. The molecule has 0 aromatic heterocycles. The number of hydrogen-bond donors (Lipinski definition) is 1. The van der Waals surface area contributed by atoms with E-state index in [1.165, 1.54) is 11.4 Å². The number of benzene rings is 2. The summed E-state index contributed by atoms with van der Waals surface area (Å²) in [7, 11) is -2.02. The second-order valence-electron chi connectivity index (χ2n) is 8.05. The van der Waals surface area contributed by atoms with Crippen LogP contribution in [0.25, 0.3) is 0 Å². The summed E-state index contributed by atoms with van der Waals surface area (Å²) in [5.41, 5.74) is 1.34. The van der Waals surface area contributed by atoms with Gasteiger partial charge < -0.3 is 15.0 Å². The number of ether oxygens (including phenoxy) is 1. The zero-order chi connectivity index (χ0) is 26.0. The maximum absolute atomic E-state index is 13.3. The van der Waals surface area contributed by atoms with Gasteiger partial charge in [0.05, 0.1) is 18.6 Å². The van der Waals surface area contributed by atoms with Crippen LogP contribution < -0.4 is 14.4 Å². The third-order valence-corrected chi connectivity index (χ3v) is 6.93. The third kappa shape index (κ3) is 8.43. The summed E-state index contributed by atoms with van der Waals surface area (Å²) in [5.74, 6) is 0.176. The minimum atomic E-state index is -3.56. The molecule has 8 nitrogen and oxygen atoms in total. The molecule has 0 aliphatic carbocycles. The third-order valence-electron chi connectivity index (χ3n) is 5.49. The van der Waals surface area contributed by atoms with Crippen LogP contribution in [0.15, 0.2) is 48.5 Å². The van der Waals surface area contributed by atoms with Gasteiger partial charge in [-0.05, 0) is 61.7 Å². The number of nitrogens with one attached hydrogen (secondary N) is 1. The van der Waals surface area contributed by atoms with Crippen molar-refractivity contribution in [3.05, 3.63) is 59.1 Å². The zero-order valence-corrected chi connectivity index (χ0v) is 22.2. The molecule has 2 amide bonds. The second-order valence-corrected chi connectivity index (χ2v) is 10.4. The number of amides is 2. The predicted octanol–water partition coefficient (Wildman–Crippen LogP) is 3.84. The van der Waals surface area contributed by atoms with E-state index in [4.69, 9.17) is 16.3 Å². The van der Waals surface area contributed by atoms with Crippen LogP contribution in [-0.4, -0.2) is 57.6 Å². The van der Waals surface area contributed by atoms with Crippen LogP contribution in [0, 0.1) is 0 Å². The lowest BCUT2D eigenvalue weighted by Gasteiger charge is -2.30. The molecule has 0 aliphatic heterocycles. The van der Waals surface area contributed by atoms with E-state index >= 15 is 0 Å². The highest BCUT2D eigenvalue weighted by atomic mass is 35.5. The lowest BCUT2D eigenvalue weighted by atomic mass is 10.1. The number of likely N-dealkylation sites (N-methyl/N-ethyl adjacent to an activating group) is 1. The first-order valence-electron chi connectivity index (χ1n) is 11.6. The number of sulfonamides is 1. The highest BCUT2D eigenvalue weighted by Crippen LogP contribution is 2.23. The smallest absolute Gasteiger partial charge is 0.242 e. The van der Waals surface area contributed by atoms with Crippen molar-refractivity contribution in [1.82, 2.24) is 10.2 Å². The fraction of sp³-hybridized carbons (Fsp3) is 0.440. The standard InChI is InChI=1S/C25H34ClN3O5S/c1-5-23(25(31)27-3)28(18-19-9-11-20(26)12-10-19)24(30)8-7-17-29(35(4,32)33)21-13-15-22(16-14-21)34-6-2/h9-16,23H,5-8,17-18H2,1-4H3,(H,27,31)/t23-/m1/s1. The maximum Gasteiger partial charge on any atom is 0.242 e. The molecule has 0 bridgehead atoms. The summed E-state index contributed by atoms with van der Waals surface area (Å²) in [5, 5.41) is 3.21. The zero-order valence-electron chi connectivity index (χ0n) is 20.7. The minimum Gasteiger partial charge on any atom is -0.494 e. The quantitative estimate of drug-likeness (QED) is 0.430. The van der Waals surface area contributed by atoms with Gasteiger partial charge in [-0.15, -0.1) is 0 Å². The number of carbonyl (C=O) groups is 2. The summed E-state index contributed by atoms with van der Waals surface area (Å²) in [6, 6.07) is 13.3. The van der Waals surface area contributed by atoms with E-state index in [9.17, 15) is 18.0 Å². The van der Waals surface area contributed by atoms with Gasteiger partial charge >= 0.3 is 0 Å². The number of halogens is 1. The van der Waals surface area contributed by atoms with Gasteiger partial charge in [-0.2, -0.15) is 0 Å². The molecule has 0 saturated heterocycles. The summed E-state index contributed by atoms with van der Waals surface area (Å²) >= 11 is 5.98. The van der Waals surface area contributed by atoms with E-state index in [-0.39, 0.29) is 31.3 Å². The summed E-state index contributed by atoms with van der Waals surface area (Å²) < 4.78 is 31.6. The molecule has 0 unspecified atom stereocenters. The van der Waals surface area contributed by atoms with Crippen LogP contribution in [-0.2, 0) is 26.2 Å². The van der Waals surface area contributed by atoms with Crippen molar-refractivity contribution in [3.63, 3.8) is 0 Å². The van der Waals surface area contributed by atoms with Gasteiger partial charge in [-0.1, -0.05) is 30.7 Å². The Morgan fingerprint density at radius 2 is 1.69 bits per heavy atom. The Labute approximate surface area is 213 Å². The average Bonchev–Trinajstić information content (AvgIpc) is 2.82. The molecule has 2 aromatic carbocycles. The monoisotopic (exact) mass is 523 g/mol. The van der Waals surface area contributed by atoms with E-state index in [1.807, 2.05) is 26.0 Å². The van der Waals surface area contributed by atoms with E-state index in [0.717, 1.165) is 11.8 Å². The van der Waals surface area contributed by atoms with Crippen molar-refractivity contribution in [2.45, 2.75) is 45.7 Å². The van der Waals surface area contributed by atoms with Crippen molar-refractivity contribution in [2.75, 3.05) is 30.8 Å². The van der Waals surface area contributed by atoms with Crippen molar-refractivity contribution in [2.24, 2.45) is 0 Å². The average molecular weight is 524 g/mol. The van der Waals surface area contributed by atoms with Crippen LogP contribution in [0.2, 0.25) is 5.02 Å². The second kappa shape index (κ2) is 13.3. The highest BCUT2D eigenvalue weighted by molar-refractivity contribution is 7.92. The first-order valence-corrected chi connectivity index (χ1v) is 13.8. The van der Waals surface area contributed by atoms with Crippen LogP contribution in [0.3, 0.4) is 0 Å². The van der Waals surface area contributed by atoms with Gasteiger partial charge in [-0.3, -0.25) is 13.9 Å². The van der Waals surface area contributed by atoms with Gasteiger partial charge in [0.2, 0.25) is 21.8 Å². The van der Waals surface area contributed by atoms with Crippen molar-refractivity contribution in [1.29, 1.82) is 0 Å². The van der Waals surface area contributed by atoms with Gasteiger partial charge in [0.25, 0.3) is 0 Å². The van der Waals surface area contributed by atoms with Crippen LogP contribution >= 0.6 is 11.6 Å². The Morgan fingerprint density at radius 3 is 2.20 bits per heavy atom.